The summed E-state index contributed by atoms with van der Waals surface area (Å²) in [5.41, 5.74) is 0. The lowest BCUT2D eigenvalue weighted by molar-refractivity contribution is -0.137. The van der Waals surface area contributed by atoms with Gasteiger partial charge in [0.2, 0.25) is 5.91 Å². The van der Waals surface area contributed by atoms with Crippen LogP contribution < -0.4 is 0 Å². The number of hydrogen-bond acceptors (Lipinski definition) is 2. The highest BCUT2D eigenvalue weighted by Crippen LogP contribution is 2.27. The van der Waals surface area contributed by atoms with Crippen LogP contribution in [0.4, 0.5) is 0 Å². The van der Waals surface area contributed by atoms with Crippen LogP contribution in [0.15, 0.2) is 0 Å². The molecule has 104 valence electrons. The van der Waals surface area contributed by atoms with E-state index >= 15 is 0 Å². The highest BCUT2D eigenvalue weighted by Gasteiger charge is 2.27. The van der Waals surface area contributed by atoms with Crippen molar-refractivity contribution in [2.75, 3.05) is 13.2 Å². The predicted molar refractivity (Wildman–Crippen MR) is 72.2 cm³/mol. The zero-order valence-corrected chi connectivity index (χ0v) is 11.4. The third-order valence-electron chi connectivity index (χ3n) is 4.60. The standard InChI is InChI=1S/C15H27NO2/c17-12-14-9-5-6-10-16(14)15(18)11-13-7-3-1-2-4-8-13/h13-14,17H,1-12H2. The molecule has 2 fully saturated rings. The molecule has 0 spiro atoms. The van der Waals surface area contributed by atoms with E-state index in [0.717, 1.165) is 32.2 Å². The fourth-order valence-corrected chi connectivity index (χ4v) is 3.45. The first-order valence-corrected chi connectivity index (χ1v) is 7.71. The Kier molecular flexibility index (Phi) is 5.48. The molecule has 3 heteroatoms. The van der Waals surface area contributed by atoms with Gasteiger partial charge in [-0.25, -0.2) is 0 Å². The quantitative estimate of drug-likeness (QED) is 0.786. The Hall–Kier alpha value is -0.570. The number of carbonyl (C=O) groups excluding carboxylic acids is 1. The number of nitrogens with zero attached hydrogens (tertiary/aromatic N) is 1. The number of hydrogen-bond donors (Lipinski definition) is 1. The molecule has 1 aliphatic carbocycles. The number of aliphatic hydroxyl groups excluding tert-OH is 1. The van der Waals surface area contributed by atoms with Gasteiger partial charge in [0.15, 0.2) is 0 Å². The Morgan fingerprint density at radius 1 is 1.00 bits per heavy atom. The van der Waals surface area contributed by atoms with Gasteiger partial charge in [-0.05, 0) is 38.0 Å². The number of piperidine rings is 1. The van der Waals surface area contributed by atoms with E-state index < -0.39 is 0 Å². The highest BCUT2D eigenvalue weighted by atomic mass is 16.3. The molecule has 1 amide bonds. The lowest BCUT2D eigenvalue weighted by Gasteiger charge is -2.35. The average molecular weight is 253 g/mol. The van der Waals surface area contributed by atoms with Crippen molar-refractivity contribution in [1.82, 2.24) is 4.90 Å². The number of aliphatic hydroxyl groups is 1. The monoisotopic (exact) mass is 253 g/mol. The van der Waals surface area contributed by atoms with Gasteiger partial charge >= 0.3 is 0 Å². The Balaban J connectivity index is 1.85. The Morgan fingerprint density at radius 2 is 1.67 bits per heavy atom. The minimum Gasteiger partial charge on any atom is -0.394 e. The fourth-order valence-electron chi connectivity index (χ4n) is 3.45. The molecule has 1 saturated carbocycles. The van der Waals surface area contributed by atoms with Crippen LogP contribution in [0.3, 0.4) is 0 Å². The van der Waals surface area contributed by atoms with Crippen LogP contribution >= 0.6 is 0 Å². The van der Waals surface area contributed by atoms with Gasteiger partial charge in [-0.3, -0.25) is 4.79 Å². The fraction of sp³-hybridized carbons (Fsp3) is 0.933. The molecule has 0 bridgehead atoms. The van der Waals surface area contributed by atoms with Crippen LogP contribution in [0.25, 0.3) is 0 Å². The molecule has 1 unspecified atom stereocenters. The lowest BCUT2D eigenvalue weighted by Crippen LogP contribution is -2.46. The van der Waals surface area contributed by atoms with E-state index in [1.807, 2.05) is 4.90 Å². The van der Waals surface area contributed by atoms with Crippen molar-refractivity contribution in [3.05, 3.63) is 0 Å². The first-order valence-electron chi connectivity index (χ1n) is 7.71. The normalized spacial score (nSPS) is 26.9. The topological polar surface area (TPSA) is 40.5 Å². The maximum absolute atomic E-state index is 12.4. The zero-order chi connectivity index (χ0) is 12.8. The Morgan fingerprint density at radius 3 is 2.33 bits per heavy atom. The second-order valence-electron chi connectivity index (χ2n) is 5.98. The SMILES string of the molecule is O=C(CC1CCCCCC1)N1CCCCC1CO. The van der Waals surface area contributed by atoms with E-state index in [4.69, 9.17) is 0 Å². The molecule has 1 heterocycles. The number of carbonyl (C=O) groups is 1. The van der Waals surface area contributed by atoms with E-state index in [2.05, 4.69) is 0 Å². The maximum atomic E-state index is 12.4. The van der Waals surface area contributed by atoms with E-state index in [1.54, 1.807) is 0 Å². The van der Waals surface area contributed by atoms with Gasteiger partial charge < -0.3 is 10.0 Å². The van der Waals surface area contributed by atoms with E-state index in [0.29, 0.717) is 11.8 Å². The second kappa shape index (κ2) is 7.13. The summed E-state index contributed by atoms with van der Waals surface area (Å²) in [4.78, 5) is 14.3. The van der Waals surface area contributed by atoms with Gasteiger partial charge in [0.1, 0.15) is 0 Å². The van der Waals surface area contributed by atoms with Crippen LogP contribution in [0.1, 0.15) is 64.2 Å². The molecule has 0 radical (unpaired) electrons. The first kappa shape index (κ1) is 13.9. The predicted octanol–water partition coefficient (Wildman–Crippen LogP) is 2.72. The van der Waals surface area contributed by atoms with Gasteiger partial charge in [0, 0.05) is 13.0 Å². The molecule has 2 rings (SSSR count). The molecule has 0 aromatic heterocycles. The van der Waals surface area contributed by atoms with E-state index in [1.165, 1.54) is 38.5 Å². The second-order valence-corrected chi connectivity index (χ2v) is 5.98. The van der Waals surface area contributed by atoms with Gasteiger partial charge in [0.05, 0.1) is 12.6 Å². The number of amides is 1. The summed E-state index contributed by atoms with van der Waals surface area (Å²) in [5.74, 6) is 0.891. The summed E-state index contributed by atoms with van der Waals surface area (Å²) in [7, 11) is 0. The molecule has 3 nitrogen and oxygen atoms in total. The van der Waals surface area contributed by atoms with Gasteiger partial charge in [-0.1, -0.05) is 25.7 Å². The number of rotatable bonds is 3. The van der Waals surface area contributed by atoms with Crippen LogP contribution in [0.5, 0.6) is 0 Å². The number of likely N-dealkylation sites (tertiary alicyclic amines) is 1. The average Bonchev–Trinajstić information content (AvgIpc) is 2.67. The molecule has 0 aromatic rings. The molecule has 0 aromatic carbocycles. The summed E-state index contributed by atoms with van der Waals surface area (Å²) in [6.45, 7) is 0.993. The van der Waals surface area contributed by atoms with Crippen molar-refractivity contribution >= 4 is 5.91 Å². The third kappa shape index (κ3) is 3.71. The minimum absolute atomic E-state index is 0.0945. The van der Waals surface area contributed by atoms with Crippen LogP contribution in [-0.4, -0.2) is 35.1 Å². The first-order chi connectivity index (χ1) is 8.81. The third-order valence-corrected chi connectivity index (χ3v) is 4.60. The molecule has 1 atom stereocenters. The summed E-state index contributed by atoms with van der Waals surface area (Å²) < 4.78 is 0. The van der Waals surface area contributed by atoms with Gasteiger partial charge in [0.25, 0.3) is 0 Å². The molecule has 1 saturated heterocycles. The highest BCUT2D eigenvalue weighted by molar-refractivity contribution is 5.76. The summed E-state index contributed by atoms with van der Waals surface area (Å²) in [6, 6.07) is 0.0945. The van der Waals surface area contributed by atoms with Crippen LogP contribution in [0, 0.1) is 5.92 Å². The Bertz CT molecular complexity index is 259. The molecular weight excluding hydrogens is 226 g/mol. The van der Waals surface area contributed by atoms with Gasteiger partial charge in [-0.2, -0.15) is 0 Å². The largest absolute Gasteiger partial charge is 0.394 e. The molecule has 18 heavy (non-hydrogen) atoms. The molecule has 2 aliphatic rings. The van der Waals surface area contributed by atoms with Crippen LogP contribution in [-0.2, 0) is 4.79 Å². The smallest absolute Gasteiger partial charge is 0.223 e. The molecule has 1 N–H and O–H groups in total. The molecule has 1 aliphatic heterocycles. The van der Waals surface area contributed by atoms with Crippen molar-refractivity contribution < 1.29 is 9.90 Å². The zero-order valence-electron chi connectivity index (χ0n) is 11.4. The van der Waals surface area contributed by atoms with Crippen molar-refractivity contribution in [1.29, 1.82) is 0 Å². The summed E-state index contributed by atoms with van der Waals surface area (Å²) in [6.07, 6.45) is 11.7. The van der Waals surface area contributed by atoms with Crippen molar-refractivity contribution in [3.63, 3.8) is 0 Å². The Labute approximate surface area is 111 Å². The van der Waals surface area contributed by atoms with Crippen LogP contribution in [0.2, 0.25) is 0 Å². The maximum Gasteiger partial charge on any atom is 0.223 e. The summed E-state index contributed by atoms with van der Waals surface area (Å²) >= 11 is 0. The lowest BCUT2D eigenvalue weighted by atomic mass is 9.94. The molecular formula is C15H27NO2. The minimum atomic E-state index is 0.0945. The van der Waals surface area contributed by atoms with E-state index in [9.17, 15) is 9.90 Å². The summed E-state index contributed by atoms with van der Waals surface area (Å²) in [5, 5.41) is 9.37. The van der Waals surface area contributed by atoms with E-state index in [-0.39, 0.29) is 12.6 Å². The van der Waals surface area contributed by atoms with Crippen molar-refractivity contribution in [3.8, 4) is 0 Å². The van der Waals surface area contributed by atoms with Crippen molar-refractivity contribution in [2.24, 2.45) is 5.92 Å². The van der Waals surface area contributed by atoms with Crippen molar-refractivity contribution in [2.45, 2.75) is 70.3 Å². The van der Waals surface area contributed by atoms with Gasteiger partial charge in [-0.15, -0.1) is 0 Å².